The predicted octanol–water partition coefficient (Wildman–Crippen LogP) is 3.87. The van der Waals surface area contributed by atoms with Crippen LogP contribution in [0.15, 0.2) is 54.6 Å². The molecule has 0 aliphatic carbocycles. The summed E-state index contributed by atoms with van der Waals surface area (Å²) in [5, 5.41) is 1.11. The lowest BCUT2D eigenvalue weighted by molar-refractivity contribution is -0.117. The number of hydrogen-bond acceptors (Lipinski definition) is 2. The summed E-state index contributed by atoms with van der Waals surface area (Å²) in [5.41, 5.74) is 10.0. The highest BCUT2D eigenvalue weighted by Crippen LogP contribution is 2.29. The van der Waals surface area contributed by atoms with Gasteiger partial charge in [-0.25, -0.2) is 0 Å². The van der Waals surface area contributed by atoms with Crippen molar-refractivity contribution in [2.75, 3.05) is 5.73 Å². The van der Waals surface area contributed by atoms with Gasteiger partial charge in [0.05, 0.1) is 0 Å². The number of ketones is 1. The normalized spacial score (nSPS) is 10.9. The zero-order chi connectivity index (χ0) is 14.8. The molecule has 0 fully saturated rings. The summed E-state index contributed by atoms with van der Waals surface area (Å²) >= 11 is 0. The molecule has 0 atom stereocenters. The van der Waals surface area contributed by atoms with E-state index in [1.165, 1.54) is 0 Å². The summed E-state index contributed by atoms with van der Waals surface area (Å²) in [6.45, 7) is 2.32. The first kappa shape index (κ1) is 13.4. The van der Waals surface area contributed by atoms with Gasteiger partial charge in [-0.15, -0.1) is 0 Å². The van der Waals surface area contributed by atoms with Crippen molar-refractivity contribution in [1.82, 2.24) is 4.57 Å². The van der Waals surface area contributed by atoms with E-state index in [-0.39, 0.29) is 5.78 Å². The second-order valence-corrected chi connectivity index (χ2v) is 5.32. The lowest BCUT2D eigenvalue weighted by Gasteiger charge is -2.10. The molecule has 0 aliphatic rings. The third kappa shape index (κ3) is 2.68. The number of rotatable bonds is 4. The minimum atomic E-state index is 0.200. The Morgan fingerprint density at radius 3 is 2.57 bits per heavy atom. The Labute approximate surface area is 124 Å². The SMILES string of the molecule is CC(=O)CCn1c(-c2ccccc2)cc2cc(N)ccc21. The van der Waals surface area contributed by atoms with Gasteiger partial charge in [-0.3, -0.25) is 4.79 Å². The first-order valence-corrected chi connectivity index (χ1v) is 7.09. The number of carbonyl (C=O) groups excluding carboxylic acids is 1. The number of nitrogen functional groups attached to an aromatic ring is 1. The Bertz CT molecular complexity index is 788. The van der Waals surface area contributed by atoms with Crippen LogP contribution in [-0.2, 0) is 11.3 Å². The Hall–Kier alpha value is -2.55. The molecular formula is C18H18N2O. The maximum atomic E-state index is 11.3. The molecule has 21 heavy (non-hydrogen) atoms. The molecule has 2 N–H and O–H groups in total. The number of nitrogens with two attached hydrogens (primary N) is 1. The van der Waals surface area contributed by atoms with E-state index < -0.39 is 0 Å². The molecule has 1 aromatic heterocycles. The molecule has 106 valence electrons. The molecule has 0 unspecified atom stereocenters. The number of aryl methyl sites for hydroxylation is 1. The van der Waals surface area contributed by atoms with Crippen molar-refractivity contribution < 1.29 is 4.79 Å². The maximum absolute atomic E-state index is 11.3. The van der Waals surface area contributed by atoms with Gasteiger partial charge in [-0.05, 0) is 36.8 Å². The van der Waals surface area contributed by atoms with Crippen LogP contribution in [0.2, 0.25) is 0 Å². The number of nitrogens with zero attached hydrogens (tertiary/aromatic N) is 1. The van der Waals surface area contributed by atoms with Gasteiger partial charge in [0.2, 0.25) is 0 Å². The average molecular weight is 278 g/mol. The minimum Gasteiger partial charge on any atom is -0.399 e. The van der Waals surface area contributed by atoms with Gasteiger partial charge < -0.3 is 10.3 Å². The van der Waals surface area contributed by atoms with Crippen LogP contribution < -0.4 is 5.73 Å². The Kier molecular flexibility index (Phi) is 3.48. The number of carbonyl (C=O) groups is 1. The molecule has 0 radical (unpaired) electrons. The molecule has 0 bridgehead atoms. The third-order valence-corrected chi connectivity index (χ3v) is 3.68. The number of fused-ring (bicyclic) bond motifs is 1. The molecule has 0 spiro atoms. The van der Waals surface area contributed by atoms with Crippen LogP contribution in [0.5, 0.6) is 0 Å². The fourth-order valence-electron chi connectivity index (χ4n) is 2.65. The molecule has 2 aromatic carbocycles. The van der Waals surface area contributed by atoms with Crippen LogP contribution in [0.1, 0.15) is 13.3 Å². The van der Waals surface area contributed by atoms with Gasteiger partial charge in [0.25, 0.3) is 0 Å². The molecule has 0 amide bonds. The van der Waals surface area contributed by atoms with Crippen molar-refractivity contribution in [2.24, 2.45) is 0 Å². The maximum Gasteiger partial charge on any atom is 0.131 e. The molecule has 0 saturated heterocycles. The highest BCUT2D eigenvalue weighted by molar-refractivity contribution is 5.89. The second-order valence-electron chi connectivity index (χ2n) is 5.32. The standard InChI is InChI=1S/C18H18N2O/c1-13(21)9-10-20-17-8-7-16(19)11-15(17)12-18(20)14-5-3-2-4-6-14/h2-8,11-12H,9-10,19H2,1H3. The van der Waals surface area contributed by atoms with Crippen LogP contribution in [-0.4, -0.2) is 10.4 Å². The highest BCUT2D eigenvalue weighted by Gasteiger charge is 2.11. The summed E-state index contributed by atoms with van der Waals surface area (Å²) < 4.78 is 2.20. The van der Waals surface area contributed by atoms with E-state index in [1.54, 1.807) is 6.92 Å². The summed E-state index contributed by atoms with van der Waals surface area (Å²) in [6.07, 6.45) is 0.536. The molecular weight excluding hydrogens is 260 g/mol. The quantitative estimate of drug-likeness (QED) is 0.736. The van der Waals surface area contributed by atoms with Crippen molar-refractivity contribution in [3.8, 4) is 11.3 Å². The lowest BCUT2D eigenvalue weighted by atomic mass is 10.1. The van der Waals surface area contributed by atoms with Crippen LogP contribution in [0.25, 0.3) is 22.2 Å². The first-order valence-electron chi connectivity index (χ1n) is 7.09. The smallest absolute Gasteiger partial charge is 0.131 e. The monoisotopic (exact) mass is 278 g/mol. The van der Waals surface area contributed by atoms with Crippen molar-refractivity contribution in [2.45, 2.75) is 19.9 Å². The van der Waals surface area contributed by atoms with Gasteiger partial charge in [-0.2, -0.15) is 0 Å². The third-order valence-electron chi connectivity index (χ3n) is 3.68. The van der Waals surface area contributed by atoms with Crippen molar-refractivity contribution in [1.29, 1.82) is 0 Å². The van der Waals surface area contributed by atoms with Gasteiger partial charge in [0, 0.05) is 35.2 Å². The van der Waals surface area contributed by atoms with E-state index >= 15 is 0 Å². The summed E-state index contributed by atoms with van der Waals surface area (Å²) in [6, 6.07) is 18.3. The van der Waals surface area contributed by atoms with E-state index in [9.17, 15) is 4.79 Å². The molecule has 3 nitrogen and oxygen atoms in total. The average Bonchev–Trinajstić information content (AvgIpc) is 2.83. The van der Waals surface area contributed by atoms with Crippen LogP contribution >= 0.6 is 0 Å². The fourth-order valence-corrected chi connectivity index (χ4v) is 2.65. The van der Waals surface area contributed by atoms with Gasteiger partial charge in [0.15, 0.2) is 0 Å². The van der Waals surface area contributed by atoms with Crippen molar-refractivity contribution >= 4 is 22.4 Å². The predicted molar refractivity (Wildman–Crippen MR) is 87.1 cm³/mol. The molecule has 0 aliphatic heterocycles. The zero-order valence-electron chi connectivity index (χ0n) is 12.0. The molecule has 1 heterocycles. The van der Waals surface area contributed by atoms with Crippen LogP contribution in [0, 0.1) is 0 Å². The molecule has 0 saturated carbocycles. The zero-order valence-corrected chi connectivity index (χ0v) is 12.0. The number of anilines is 1. The van der Waals surface area contributed by atoms with E-state index in [0.717, 1.165) is 27.8 Å². The molecule has 3 heteroatoms. The second kappa shape index (κ2) is 5.44. The van der Waals surface area contributed by atoms with E-state index in [4.69, 9.17) is 5.73 Å². The van der Waals surface area contributed by atoms with Crippen molar-refractivity contribution in [3.63, 3.8) is 0 Å². The highest BCUT2D eigenvalue weighted by atomic mass is 16.1. The Morgan fingerprint density at radius 2 is 1.86 bits per heavy atom. The fraction of sp³-hybridized carbons (Fsp3) is 0.167. The topological polar surface area (TPSA) is 48.0 Å². The van der Waals surface area contributed by atoms with Gasteiger partial charge in [0.1, 0.15) is 5.78 Å². The minimum absolute atomic E-state index is 0.200. The number of aromatic nitrogens is 1. The number of hydrogen-bond donors (Lipinski definition) is 1. The lowest BCUT2D eigenvalue weighted by Crippen LogP contribution is -2.04. The Morgan fingerprint density at radius 1 is 1.10 bits per heavy atom. The van der Waals surface area contributed by atoms with E-state index in [2.05, 4.69) is 22.8 Å². The number of Topliss-reactive ketones (excluding diaryl/α,β-unsaturated/α-hetero) is 1. The molecule has 3 aromatic rings. The van der Waals surface area contributed by atoms with E-state index in [1.807, 2.05) is 36.4 Å². The van der Waals surface area contributed by atoms with E-state index in [0.29, 0.717) is 13.0 Å². The van der Waals surface area contributed by atoms with Crippen molar-refractivity contribution in [3.05, 3.63) is 54.6 Å². The Balaban J connectivity index is 2.17. The van der Waals surface area contributed by atoms with Crippen LogP contribution in [0.4, 0.5) is 5.69 Å². The van der Waals surface area contributed by atoms with Gasteiger partial charge >= 0.3 is 0 Å². The first-order chi connectivity index (χ1) is 10.1. The van der Waals surface area contributed by atoms with Crippen LogP contribution in [0.3, 0.4) is 0 Å². The summed E-state index contributed by atoms with van der Waals surface area (Å²) in [5.74, 6) is 0.200. The summed E-state index contributed by atoms with van der Waals surface area (Å²) in [4.78, 5) is 11.3. The van der Waals surface area contributed by atoms with Gasteiger partial charge in [-0.1, -0.05) is 30.3 Å². The summed E-state index contributed by atoms with van der Waals surface area (Å²) in [7, 11) is 0. The molecule has 3 rings (SSSR count). The number of benzene rings is 2. The largest absolute Gasteiger partial charge is 0.399 e.